The number of hydrogen-bond donors (Lipinski definition) is 2. The van der Waals surface area contributed by atoms with E-state index < -0.39 is 18.1 Å². The van der Waals surface area contributed by atoms with Crippen molar-refractivity contribution in [1.82, 2.24) is 9.97 Å². The van der Waals surface area contributed by atoms with Gasteiger partial charge in [-0.15, -0.1) is 0 Å². The summed E-state index contributed by atoms with van der Waals surface area (Å²) in [6.45, 7) is 4.56. The van der Waals surface area contributed by atoms with E-state index >= 15 is 0 Å². The lowest BCUT2D eigenvalue weighted by Crippen LogP contribution is -2.38. The molecule has 1 amide bonds. The normalized spacial score (nSPS) is 18.6. The number of aryl methyl sites for hydroxylation is 1. The molecule has 0 aromatic carbocycles. The van der Waals surface area contributed by atoms with Crippen molar-refractivity contribution >= 4 is 41.5 Å². The highest BCUT2D eigenvalue weighted by atomic mass is 32.1. The Morgan fingerprint density at radius 3 is 2.93 bits per heavy atom. The molecular weight excluding hydrogens is 395 g/mol. The topological polar surface area (TPSA) is 115 Å². The first-order chi connectivity index (χ1) is 13.9. The van der Waals surface area contributed by atoms with Crippen molar-refractivity contribution in [2.24, 2.45) is 15.7 Å². The number of amides is 1. The molecule has 3 rings (SSSR count). The summed E-state index contributed by atoms with van der Waals surface area (Å²) in [7, 11) is 0. The molecule has 0 radical (unpaired) electrons. The molecule has 0 aliphatic carbocycles. The molecule has 2 aromatic heterocycles. The van der Waals surface area contributed by atoms with E-state index in [-0.39, 0.29) is 29.7 Å². The maximum atomic E-state index is 14.0. The fraction of sp³-hybridized carbons (Fsp3) is 0.263. The van der Waals surface area contributed by atoms with Crippen molar-refractivity contribution in [2.45, 2.75) is 12.5 Å². The van der Waals surface area contributed by atoms with Gasteiger partial charge in [0.05, 0.1) is 6.61 Å². The summed E-state index contributed by atoms with van der Waals surface area (Å²) in [4.78, 5) is 29.2. The SMILES string of the molecule is C=NC1=NC(CF)(c2ccnc(NC(=O)c3ncc(C(N)=S)cc3C)c2)COC1. The van der Waals surface area contributed by atoms with Gasteiger partial charge in [0.15, 0.2) is 0 Å². The van der Waals surface area contributed by atoms with Gasteiger partial charge in [0.25, 0.3) is 5.91 Å². The number of aromatic nitrogens is 2. The minimum Gasteiger partial charge on any atom is -0.389 e. The number of carbonyl (C=O) groups excluding carboxylic acids is 1. The Hall–Kier alpha value is -3.11. The van der Waals surface area contributed by atoms with Gasteiger partial charge in [-0.1, -0.05) is 12.2 Å². The Bertz CT molecular complexity index is 1010. The first kappa shape index (κ1) is 20.6. The molecule has 1 aliphatic heterocycles. The number of thiocarbonyl (C=S) groups is 1. The van der Waals surface area contributed by atoms with Crippen LogP contribution in [-0.2, 0) is 10.3 Å². The van der Waals surface area contributed by atoms with Crippen LogP contribution in [0, 0.1) is 6.92 Å². The molecule has 3 N–H and O–H groups in total. The van der Waals surface area contributed by atoms with Crippen LogP contribution in [0.15, 0.2) is 40.6 Å². The third kappa shape index (κ3) is 4.33. The summed E-state index contributed by atoms with van der Waals surface area (Å²) in [6.07, 6.45) is 2.90. The summed E-state index contributed by atoms with van der Waals surface area (Å²) >= 11 is 4.92. The van der Waals surface area contributed by atoms with Crippen LogP contribution in [0.5, 0.6) is 0 Å². The van der Waals surface area contributed by atoms with Crippen molar-refractivity contribution in [1.29, 1.82) is 0 Å². The van der Waals surface area contributed by atoms with Crippen molar-refractivity contribution < 1.29 is 13.9 Å². The zero-order chi connectivity index (χ0) is 21.0. The van der Waals surface area contributed by atoms with Gasteiger partial charge in [0.1, 0.15) is 41.2 Å². The Balaban J connectivity index is 1.87. The lowest BCUT2D eigenvalue weighted by molar-refractivity contribution is 0.0828. The fourth-order valence-corrected chi connectivity index (χ4v) is 3.02. The standard InChI is InChI=1S/C19H19FN6O2S/c1-11-5-12(17(21)29)7-24-16(11)18(27)25-14-6-13(3-4-23-14)19(9-20)10-28-8-15(22-2)26-19/h3-7H,2,8-10H2,1H3,(H2,21,29)(H,23,25,27). The van der Waals surface area contributed by atoms with E-state index in [2.05, 4.69) is 32.0 Å². The van der Waals surface area contributed by atoms with Crippen molar-refractivity contribution in [2.75, 3.05) is 25.2 Å². The van der Waals surface area contributed by atoms with Gasteiger partial charge in [-0.05, 0) is 43.0 Å². The molecule has 1 unspecified atom stereocenters. The van der Waals surface area contributed by atoms with Crippen LogP contribution >= 0.6 is 12.2 Å². The van der Waals surface area contributed by atoms with Crippen LogP contribution in [0.3, 0.4) is 0 Å². The summed E-state index contributed by atoms with van der Waals surface area (Å²) in [6, 6.07) is 4.85. The lowest BCUT2D eigenvalue weighted by atomic mass is 9.92. The molecule has 2 aromatic rings. The molecule has 8 nitrogen and oxygen atoms in total. The fourth-order valence-electron chi connectivity index (χ4n) is 2.91. The number of aliphatic imine (C=N–C) groups is 2. The molecular formula is C19H19FN6O2S. The van der Waals surface area contributed by atoms with Crippen molar-refractivity contribution in [3.8, 4) is 0 Å². The highest BCUT2D eigenvalue weighted by Gasteiger charge is 2.36. The van der Waals surface area contributed by atoms with Crippen LogP contribution < -0.4 is 11.1 Å². The first-order valence-corrected chi connectivity index (χ1v) is 9.03. The molecule has 0 saturated heterocycles. The summed E-state index contributed by atoms with van der Waals surface area (Å²) < 4.78 is 19.4. The second kappa shape index (κ2) is 8.50. The van der Waals surface area contributed by atoms with E-state index in [4.69, 9.17) is 22.7 Å². The van der Waals surface area contributed by atoms with E-state index in [0.717, 1.165) is 0 Å². The smallest absolute Gasteiger partial charge is 0.275 e. The average molecular weight is 414 g/mol. The minimum atomic E-state index is -1.26. The number of alkyl halides is 1. The largest absolute Gasteiger partial charge is 0.389 e. The van der Waals surface area contributed by atoms with E-state index in [0.29, 0.717) is 22.5 Å². The molecule has 0 bridgehead atoms. The maximum absolute atomic E-state index is 14.0. The van der Waals surface area contributed by atoms with Crippen LogP contribution in [0.4, 0.5) is 10.2 Å². The van der Waals surface area contributed by atoms with Gasteiger partial charge in [0.2, 0.25) is 0 Å². The van der Waals surface area contributed by atoms with E-state index in [9.17, 15) is 9.18 Å². The third-order valence-corrected chi connectivity index (χ3v) is 4.67. The highest BCUT2D eigenvalue weighted by molar-refractivity contribution is 7.80. The first-order valence-electron chi connectivity index (χ1n) is 8.62. The number of ether oxygens (including phenoxy) is 1. The maximum Gasteiger partial charge on any atom is 0.275 e. The van der Waals surface area contributed by atoms with Crippen LogP contribution in [0.1, 0.15) is 27.2 Å². The number of rotatable bonds is 5. The number of amidine groups is 1. The van der Waals surface area contributed by atoms with E-state index in [1.165, 1.54) is 12.4 Å². The second-order valence-corrected chi connectivity index (χ2v) is 6.92. The number of pyridine rings is 2. The number of halogens is 1. The lowest BCUT2D eigenvalue weighted by Gasteiger charge is -2.31. The Kier molecular flexibility index (Phi) is 6.04. The monoisotopic (exact) mass is 414 g/mol. The molecule has 0 fully saturated rings. The van der Waals surface area contributed by atoms with Gasteiger partial charge in [-0.2, -0.15) is 0 Å². The zero-order valence-electron chi connectivity index (χ0n) is 15.7. The zero-order valence-corrected chi connectivity index (χ0v) is 16.5. The third-order valence-electron chi connectivity index (χ3n) is 4.44. The molecule has 10 heteroatoms. The van der Waals surface area contributed by atoms with Gasteiger partial charge < -0.3 is 15.8 Å². The van der Waals surface area contributed by atoms with Crippen LogP contribution in [-0.4, -0.2) is 53.3 Å². The average Bonchev–Trinajstić information content (AvgIpc) is 2.73. The molecule has 1 atom stereocenters. The molecule has 29 heavy (non-hydrogen) atoms. The quantitative estimate of drug-likeness (QED) is 0.571. The predicted octanol–water partition coefficient (Wildman–Crippen LogP) is 1.97. The van der Waals surface area contributed by atoms with Crippen molar-refractivity contribution in [3.63, 3.8) is 0 Å². The molecule has 0 saturated carbocycles. The second-order valence-electron chi connectivity index (χ2n) is 6.48. The minimum absolute atomic E-state index is 0.0427. The van der Waals surface area contributed by atoms with E-state index in [1.54, 1.807) is 25.1 Å². The molecule has 0 spiro atoms. The Morgan fingerprint density at radius 1 is 1.48 bits per heavy atom. The summed E-state index contributed by atoms with van der Waals surface area (Å²) in [5.74, 6) is 0.0793. The number of anilines is 1. The summed E-state index contributed by atoms with van der Waals surface area (Å²) in [5.41, 5.74) is 6.20. The van der Waals surface area contributed by atoms with E-state index in [1.807, 2.05) is 0 Å². The molecule has 150 valence electrons. The van der Waals surface area contributed by atoms with Gasteiger partial charge in [-0.3, -0.25) is 14.8 Å². The Morgan fingerprint density at radius 2 is 2.28 bits per heavy atom. The Labute approximate surface area is 172 Å². The van der Waals surface area contributed by atoms with Crippen LogP contribution in [0.25, 0.3) is 0 Å². The number of carbonyl (C=O) groups is 1. The van der Waals surface area contributed by atoms with Gasteiger partial charge in [-0.25, -0.2) is 14.4 Å². The number of nitrogens with zero attached hydrogens (tertiary/aromatic N) is 4. The number of nitrogens with one attached hydrogen (secondary N) is 1. The number of hydrogen-bond acceptors (Lipinski definition) is 7. The van der Waals surface area contributed by atoms with Crippen molar-refractivity contribution in [3.05, 3.63) is 53.0 Å². The van der Waals surface area contributed by atoms with Gasteiger partial charge >= 0.3 is 0 Å². The summed E-state index contributed by atoms with van der Waals surface area (Å²) in [5, 5.41) is 2.67. The van der Waals surface area contributed by atoms with Crippen LogP contribution in [0.2, 0.25) is 0 Å². The molecule has 1 aliphatic rings. The molecule has 3 heterocycles. The highest BCUT2D eigenvalue weighted by Crippen LogP contribution is 2.31. The predicted molar refractivity (Wildman–Crippen MR) is 113 cm³/mol. The number of nitrogens with two attached hydrogens (primary N) is 1. The van der Waals surface area contributed by atoms with Gasteiger partial charge in [0, 0.05) is 18.0 Å².